The highest BCUT2D eigenvalue weighted by Gasteiger charge is 1.95. The lowest BCUT2D eigenvalue weighted by atomic mass is 10.4. The molecule has 0 aliphatic carbocycles. The van der Waals surface area contributed by atoms with Crippen LogP contribution in [-0.4, -0.2) is 35.1 Å². The molecule has 1 rings (SSSR count). The van der Waals surface area contributed by atoms with Crippen molar-refractivity contribution in [3.63, 3.8) is 0 Å². The van der Waals surface area contributed by atoms with E-state index in [1.54, 1.807) is 11.0 Å². The molecular weight excluding hydrogens is 166 g/mol. The third-order valence-electron chi connectivity index (χ3n) is 1.73. The van der Waals surface area contributed by atoms with Gasteiger partial charge >= 0.3 is 0 Å². The van der Waals surface area contributed by atoms with Crippen molar-refractivity contribution in [2.75, 3.05) is 20.1 Å². The Morgan fingerprint density at radius 1 is 1.46 bits per heavy atom. The minimum Gasteiger partial charge on any atom is -0.320 e. The van der Waals surface area contributed by atoms with Gasteiger partial charge in [0, 0.05) is 13.6 Å². The molecule has 1 aromatic rings. The van der Waals surface area contributed by atoms with Crippen molar-refractivity contribution >= 4 is 0 Å². The van der Waals surface area contributed by atoms with Crippen molar-refractivity contribution in [3.8, 4) is 0 Å². The van der Waals surface area contributed by atoms with E-state index in [9.17, 15) is 0 Å². The quantitative estimate of drug-likeness (QED) is 0.585. The van der Waals surface area contributed by atoms with Crippen LogP contribution in [0.2, 0.25) is 0 Å². The molecule has 13 heavy (non-hydrogen) atoms. The van der Waals surface area contributed by atoms with Gasteiger partial charge in [0.15, 0.2) is 0 Å². The van der Waals surface area contributed by atoms with Gasteiger partial charge in [-0.15, -0.1) is 0 Å². The molecule has 5 nitrogen and oxygen atoms in total. The van der Waals surface area contributed by atoms with E-state index in [1.165, 1.54) is 0 Å². The van der Waals surface area contributed by atoms with Crippen LogP contribution in [0.5, 0.6) is 0 Å². The third-order valence-corrected chi connectivity index (χ3v) is 1.73. The van der Waals surface area contributed by atoms with Gasteiger partial charge in [0.25, 0.3) is 0 Å². The lowest BCUT2D eigenvalue weighted by Crippen LogP contribution is -2.19. The molecule has 0 saturated carbocycles. The third kappa shape index (κ3) is 4.00. The minimum absolute atomic E-state index is 0.803. The zero-order chi connectivity index (χ0) is 9.52. The predicted molar refractivity (Wildman–Crippen MR) is 51.3 cm³/mol. The zero-order valence-electron chi connectivity index (χ0n) is 8.25. The maximum Gasteiger partial charge on any atom is 0.0964 e. The molecule has 0 radical (unpaired) electrons. The molecule has 0 aliphatic rings. The Balaban J connectivity index is 2.06. The van der Waals surface area contributed by atoms with Gasteiger partial charge in [0.2, 0.25) is 0 Å². The highest BCUT2D eigenvalue weighted by molar-refractivity contribution is 4.89. The zero-order valence-corrected chi connectivity index (χ0v) is 8.25. The number of aryl methyl sites for hydroxylation is 1. The Labute approximate surface area is 78.5 Å². The van der Waals surface area contributed by atoms with Crippen molar-refractivity contribution in [2.45, 2.75) is 13.0 Å². The Kier molecular flexibility index (Phi) is 4.42. The SMILES string of the molecule is CNCCCNCc1cnn(C)n1. The van der Waals surface area contributed by atoms with Crippen LogP contribution in [-0.2, 0) is 13.6 Å². The largest absolute Gasteiger partial charge is 0.320 e. The van der Waals surface area contributed by atoms with E-state index in [0.29, 0.717) is 0 Å². The maximum atomic E-state index is 4.16. The Bertz CT molecular complexity index is 232. The molecule has 0 unspecified atom stereocenters. The highest BCUT2D eigenvalue weighted by Crippen LogP contribution is 1.88. The molecule has 0 saturated heterocycles. The Hall–Kier alpha value is -0.940. The molecule has 0 aliphatic heterocycles. The van der Waals surface area contributed by atoms with Gasteiger partial charge < -0.3 is 10.6 Å². The molecule has 74 valence electrons. The molecule has 1 heterocycles. The standard InChI is InChI=1S/C8H17N5/c1-9-4-3-5-10-6-8-7-11-13(2)12-8/h7,9-10H,3-6H2,1-2H3. The molecule has 2 N–H and O–H groups in total. The number of hydrogen-bond donors (Lipinski definition) is 2. The molecule has 0 spiro atoms. The summed E-state index contributed by atoms with van der Waals surface area (Å²) in [5, 5.41) is 14.5. The smallest absolute Gasteiger partial charge is 0.0964 e. The molecule has 5 heteroatoms. The van der Waals surface area contributed by atoms with Gasteiger partial charge in [0.05, 0.1) is 11.9 Å². The number of nitrogens with one attached hydrogen (secondary N) is 2. The molecule has 0 bridgehead atoms. The van der Waals surface area contributed by atoms with Gasteiger partial charge in [-0.1, -0.05) is 0 Å². The van der Waals surface area contributed by atoms with Gasteiger partial charge in [-0.3, -0.25) is 0 Å². The lowest BCUT2D eigenvalue weighted by molar-refractivity contribution is 0.601. The second kappa shape index (κ2) is 5.66. The fraction of sp³-hybridized carbons (Fsp3) is 0.750. The second-order valence-corrected chi connectivity index (χ2v) is 2.96. The topological polar surface area (TPSA) is 54.8 Å². The van der Waals surface area contributed by atoms with Crippen LogP contribution >= 0.6 is 0 Å². The predicted octanol–water partition coefficient (Wildman–Crippen LogP) is -0.486. The van der Waals surface area contributed by atoms with E-state index in [-0.39, 0.29) is 0 Å². The maximum absolute atomic E-state index is 4.16. The monoisotopic (exact) mass is 183 g/mol. The molecule has 1 aromatic heterocycles. The first kappa shape index (κ1) is 10.1. The van der Waals surface area contributed by atoms with Gasteiger partial charge in [-0.25, -0.2) is 0 Å². The van der Waals surface area contributed by atoms with E-state index in [1.807, 2.05) is 14.1 Å². The summed E-state index contributed by atoms with van der Waals surface area (Å²) in [7, 11) is 3.78. The van der Waals surface area contributed by atoms with Crippen LogP contribution in [0.1, 0.15) is 12.1 Å². The van der Waals surface area contributed by atoms with Crippen molar-refractivity contribution in [1.82, 2.24) is 25.6 Å². The van der Waals surface area contributed by atoms with Crippen molar-refractivity contribution < 1.29 is 0 Å². The van der Waals surface area contributed by atoms with Crippen LogP contribution in [0.25, 0.3) is 0 Å². The molecule has 0 fully saturated rings. The second-order valence-electron chi connectivity index (χ2n) is 2.96. The van der Waals surface area contributed by atoms with E-state index in [2.05, 4.69) is 20.8 Å². The summed E-state index contributed by atoms with van der Waals surface area (Å²) < 4.78 is 0. The first-order valence-corrected chi connectivity index (χ1v) is 4.53. The average Bonchev–Trinajstić information content (AvgIpc) is 2.51. The van der Waals surface area contributed by atoms with Crippen molar-refractivity contribution in [1.29, 1.82) is 0 Å². The first-order valence-electron chi connectivity index (χ1n) is 4.53. The van der Waals surface area contributed by atoms with E-state index >= 15 is 0 Å². The van der Waals surface area contributed by atoms with Gasteiger partial charge in [-0.05, 0) is 26.6 Å². The Morgan fingerprint density at radius 2 is 2.31 bits per heavy atom. The fourth-order valence-electron chi connectivity index (χ4n) is 1.08. The normalized spacial score (nSPS) is 10.6. The van der Waals surface area contributed by atoms with Crippen molar-refractivity contribution in [3.05, 3.63) is 11.9 Å². The molecular formula is C8H17N5. The summed E-state index contributed by atoms with van der Waals surface area (Å²) in [6.45, 7) is 2.86. The fourth-order valence-corrected chi connectivity index (χ4v) is 1.08. The average molecular weight is 183 g/mol. The number of hydrogen-bond acceptors (Lipinski definition) is 4. The van der Waals surface area contributed by atoms with Crippen LogP contribution in [0.4, 0.5) is 0 Å². The van der Waals surface area contributed by atoms with Crippen molar-refractivity contribution in [2.24, 2.45) is 7.05 Å². The summed E-state index contributed by atoms with van der Waals surface area (Å²) in [6.07, 6.45) is 2.92. The molecule has 0 atom stereocenters. The van der Waals surface area contributed by atoms with E-state index in [4.69, 9.17) is 0 Å². The van der Waals surface area contributed by atoms with Gasteiger partial charge in [-0.2, -0.15) is 15.0 Å². The minimum atomic E-state index is 0.803. The number of rotatable bonds is 6. The van der Waals surface area contributed by atoms with Crippen LogP contribution in [0.15, 0.2) is 6.20 Å². The van der Waals surface area contributed by atoms with E-state index in [0.717, 1.165) is 31.7 Å². The van der Waals surface area contributed by atoms with Crippen LogP contribution in [0.3, 0.4) is 0 Å². The summed E-state index contributed by atoms with van der Waals surface area (Å²) in [5.74, 6) is 0. The summed E-state index contributed by atoms with van der Waals surface area (Å²) in [4.78, 5) is 1.57. The van der Waals surface area contributed by atoms with E-state index < -0.39 is 0 Å². The summed E-state index contributed by atoms with van der Waals surface area (Å²) >= 11 is 0. The molecule has 0 amide bonds. The highest BCUT2D eigenvalue weighted by atomic mass is 15.4. The van der Waals surface area contributed by atoms with Crippen LogP contribution in [0, 0.1) is 0 Å². The van der Waals surface area contributed by atoms with Gasteiger partial charge in [0.1, 0.15) is 0 Å². The molecule has 0 aromatic carbocycles. The van der Waals surface area contributed by atoms with Crippen LogP contribution < -0.4 is 10.6 Å². The Morgan fingerprint density at radius 3 is 2.92 bits per heavy atom. The first-order chi connectivity index (χ1) is 6.33. The lowest BCUT2D eigenvalue weighted by Gasteiger charge is -2.00. The summed E-state index contributed by atoms with van der Waals surface area (Å²) in [6, 6.07) is 0. The number of aromatic nitrogens is 3. The number of nitrogens with zero attached hydrogens (tertiary/aromatic N) is 3. The summed E-state index contributed by atoms with van der Waals surface area (Å²) in [5.41, 5.74) is 0.993.